The van der Waals surface area contributed by atoms with Crippen LogP contribution < -0.4 is 0 Å². The standard InChI is InChI=1S/C15H20N4O3S/c1-11-6-4-5-7-13(11)23(20,21)19-9-8-18-14(10-22-3)16-17-15(18)12(19)2/h4-7,12H,8-10H2,1-3H3. The number of aromatic nitrogens is 3. The molecule has 1 atom stereocenters. The molecule has 0 radical (unpaired) electrons. The molecule has 8 heteroatoms. The minimum Gasteiger partial charge on any atom is -0.377 e. The molecule has 0 bridgehead atoms. The number of methoxy groups -OCH3 is 1. The minimum atomic E-state index is -3.57. The van der Waals surface area contributed by atoms with Gasteiger partial charge in [-0.15, -0.1) is 10.2 Å². The van der Waals surface area contributed by atoms with Crippen LogP contribution in [0.15, 0.2) is 29.2 Å². The summed E-state index contributed by atoms with van der Waals surface area (Å²) in [4.78, 5) is 0.344. The zero-order valence-electron chi connectivity index (χ0n) is 13.4. The highest BCUT2D eigenvalue weighted by molar-refractivity contribution is 7.89. The predicted molar refractivity (Wildman–Crippen MR) is 84.2 cm³/mol. The van der Waals surface area contributed by atoms with Crippen molar-refractivity contribution in [2.24, 2.45) is 0 Å². The van der Waals surface area contributed by atoms with E-state index in [-0.39, 0.29) is 6.04 Å². The van der Waals surface area contributed by atoms with E-state index in [0.717, 1.165) is 11.4 Å². The van der Waals surface area contributed by atoms with Crippen molar-refractivity contribution < 1.29 is 13.2 Å². The fraction of sp³-hybridized carbons (Fsp3) is 0.467. The van der Waals surface area contributed by atoms with Crippen LogP contribution in [0.1, 0.15) is 30.2 Å². The largest absolute Gasteiger partial charge is 0.377 e. The Bertz CT molecular complexity index is 816. The van der Waals surface area contributed by atoms with Gasteiger partial charge in [0.05, 0.1) is 10.9 Å². The monoisotopic (exact) mass is 336 g/mol. The fourth-order valence-electron chi connectivity index (χ4n) is 2.96. The molecule has 23 heavy (non-hydrogen) atoms. The van der Waals surface area contributed by atoms with E-state index >= 15 is 0 Å². The molecule has 0 aliphatic carbocycles. The van der Waals surface area contributed by atoms with Crippen LogP contribution in [0.5, 0.6) is 0 Å². The van der Waals surface area contributed by atoms with Crippen LogP contribution in [0, 0.1) is 6.92 Å². The maximum atomic E-state index is 13.0. The molecule has 1 aromatic carbocycles. The smallest absolute Gasteiger partial charge is 0.244 e. The summed E-state index contributed by atoms with van der Waals surface area (Å²) < 4.78 is 34.6. The third-order valence-corrected chi connectivity index (χ3v) is 6.29. The third-order valence-electron chi connectivity index (χ3n) is 4.16. The molecular weight excluding hydrogens is 316 g/mol. The van der Waals surface area contributed by atoms with Crippen molar-refractivity contribution in [2.45, 2.75) is 37.9 Å². The molecule has 0 saturated carbocycles. The first kappa shape index (κ1) is 16.1. The van der Waals surface area contributed by atoms with Gasteiger partial charge in [-0.3, -0.25) is 0 Å². The van der Waals surface area contributed by atoms with Crippen molar-refractivity contribution in [2.75, 3.05) is 13.7 Å². The first-order valence-corrected chi connectivity index (χ1v) is 8.89. The van der Waals surface area contributed by atoms with Crippen molar-refractivity contribution in [3.8, 4) is 0 Å². The lowest BCUT2D eigenvalue weighted by molar-refractivity contribution is 0.170. The number of nitrogens with zero attached hydrogens (tertiary/aromatic N) is 4. The maximum Gasteiger partial charge on any atom is 0.244 e. The molecule has 2 aromatic rings. The van der Waals surface area contributed by atoms with Crippen molar-refractivity contribution >= 4 is 10.0 Å². The van der Waals surface area contributed by atoms with Crippen LogP contribution in [0.3, 0.4) is 0 Å². The van der Waals surface area contributed by atoms with Crippen LogP contribution in [0.2, 0.25) is 0 Å². The molecule has 1 aromatic heterocycles. The number of benzene rings is 1. The van der Waals surface area contributed by atoms with E-state index in [9.17, 15) is 8.42 Å². The summed E-state index contributed by atoms with van der Waals surface area (Å²) in [5, 5.41) is 8.27. The summed E-state index contributed by atoms with van der Waals surface area (Å²) in [6, 6.07) is 6.66. The molecule has 0 fully saturated rings. The van der Waals surface area contributed by atoms with Gasteiger partial charge in [0.15, 0.2) is 11.6 Å². The number of aryl methyl sites for hydroxylation is 1. The van der Waals surface area contributed by atoms with E-state index in [1.165, 1.54) is 4.31 Å². The molecule has 1 aliphatic rings. The topological polar surface area (TPSA) is 77.3 Å². The molecule has 1 unspecified atom stereocenters. The van der Waals surface area contributed by atoms with Crippen LogP contribution in [-0.2, 0) is 27.9 Å². The average molecular weight is 336 g/mol. The normalized spacial score (nSPS) is 18.8. The van der Waals surface area contributed by atoms with E-state index in [1.54, 1.807) is 32.2 Å². The lowest BCUT2D eigenvalue weighted by atomic mass is 10.2. The van der Waals surface area contributed by atoms with Crippen molar-refractivity contribution in [1.29, 1.82) is 0 Å². The molecule has 0 amide bonds. The zero-order chi connectivity index (χ0) is 16.6. The van der Waals surface area contributed by atoms with Crippen LogP contribution in [0.25, 0.3) is 0 Å². The van der Waals surface area contributed by atoms with Gasteiger partial charge in [0.2, 0.25) is 10.0 Å². The Morgan fingerprint density at radius 2 is 2.00 bits per heavy atom. The number of rotatable bonds is 4. The second-order valence-corrected chi connectivity index (χ2v) is 7.48. The molecule has 124 valence electrons. The number of fused-ring (bicyclic) bond motifs is 1. The summed E-state index contributed by atoms with van der Waals surface area (Å²) in [6.07, 6.45) is 0. The summed E-state index contributed by atoms with van der Waals surface area (Å²) in [7, 11) is -1.97. The van der Waals surface area contributed by atoms with Crippen molar-refractivity contribution in [1.82, 2.24) is 19.1 Å². The van der Waals surface area contributed by atoms with Gasteiger partial charge in [-0.2, -0.15) is 4.31 Å². The molecule has 1 aliphatic heterocycles. The lowest BCUT2D eigenvalue weighted by Crippen LogP contribution is -2.41. The second-order valence-electron chi connectivity index (χ2n) is 5.62. The number of hydrogen-bond acceptors (Lipinski definition) is 5. The van der Waals surface area contributed by atoms with E-state index in [2.05, 4.69) is 10.2 Å². The molecule has 0 spiro atoms. The highest BCUT2D eigenvalue weighted by Gasteiger charge is 2.36. The van der Waals surface area contributed by atoms with Crippen LogP contribution >= 0.6 is 0 Å². The molecule has 0 N–H and O–H groups in total. The Kier molecular flexibility index (Phi) is 4.22. The van der Waals surface area contributed by atoms with Gasteiger partial charge in [0.25, 0.3) is 0 Å². The van der Waals surface area contributed by atoms with Gasteiger partial charge >= 0.3 is 0 Å². The number of ether oxygens (including phenoxy) is 1. The van der Waals surface area contributed by atoms with Gasteiger partial charge in [-0.05, 0) is 25.5 Å². The van der Waals surface area contributed by atoms with Crippen molar-refractivity contribution in [3.05, 3.63) is 41.5 Å². The zero-order valence-corrected chi connectivity index (χ0v) is 14.2. The summed E-state index contributed by atoms with van der Waals surface area (Å²) >= 11 is 0. The van der Waals surface area contributed by atoms with Gasteiger partial charge in [-0.1, -0.05) is 18.2 Å². The molecular formula is C15H20N4O3S. The molecule has 0 saturated heterocycles. The summed E-state index contributed by atoms with van der Waals surface area (Å²) in [5.74, 6) is 1.38. The maximum absolute atomic E-state index is 13.0. The van der Waals surface area contributed by atoms with E-state index < -0.39 is 10.0 Å². The van der Waals surface area contributed by atoms with Crippen LogP contribution in [-0.4, -0.2) is 41.1 Å². The van der Waals surface area contributed by atoms with E-state index in [4.69, 9.17) is 4.74 Å². The first-order valence-electron chi connectivity index (χ1n) is 7.45. The van der Waals surface area contributed by atoms with Gasteiger partial charge in [0.1, 0.15) is 6.61 Å². The number of sulfonamides is 1. The Labute approximate surface area is 135 Å². The molecule has 7 nitrogen and oxygen atoms in total. The molecule has 2 heterocycles. The second kappa shape index (κ2) is 6.03. The van der Waals surface area contributed by atoms with Gasteiger partial charge in [0, 0.05) is 20.2 Å². The Morgan fingerprint density at radius 1 is 1.26 bits per heavy atom. The van der Waals surface area contributed by atoms with E-state index in [1.807, 2.05) is 17.6 Å². The van der Waals surface area contributed by atoms with Gasteiger partial charge < -0.3 is 9.30 Å². The third kappa shape index (κ3) is 2.66. The highest BCUT2D eigenvalue weighted by atomic mass is 32.2. The Morgan fingerprint density at radius 3 is 2.70 bits per heavy atom. The predicted octanol–water partition coefficient (Wildman–Crippen LogP) is 1.50. The van der Waals surface area contributed by atoms with Crippen molar-refractivity contribution in [3.63, 3.8) is 0 Å². The van der Waals surface area contributed by atoms with Crippen LogP contribution in [0.4, 0.5) is 0 Å². The minimum absolute atomic E-state index is 0.344. The SMILES string of the molecule is COCc1nnc2n1CCN(S(=O)(=O)c1ccccc1C)C2C. The lowest BCUT2D eigenvalue weighted by Gasteiger charge is -2.33. The Hall–Kier alpha value is -1.77. The quantitative estimate of drug-likeness (QED) is 0.845. The molecule has 3 rings (SSSR count). The average Bonchev–Trinajstić information content (AvgIpc) is 2.92. The summed E-state index contributed by atoms with van der Waals surface area (Å²) in [5.41, 5.74) is 0.742. The highest BCUT2D eigenvalue weighted by Crippen LogP contribution is 2.31. The van der Waals surface area contributed by atoms with E-state index in [0.29, 0.717) is 30.4 Å². The fourth-order valence-corrected chi connectivity index (χ4v) is 4.77. The Balaban J connectivity index is 1.98. The first-order chi connectivity index (χ1) is 11.0. The van der Waals surface area contributed by atoms with Gasteiger partial charge in [-0.25, -0.2) is 8.42 Å². The summed E-state index contributed by atoms with van der Waals surface area (Å²) in [6.45, 7) is 4.92. The number of hydrogen-bond donors (Lipinski definition) is 0.